The summed E-state index contributed by atoms with van der Waals surface area (Å²) in [7, 11) is 0. The van der Waals surface area contributed by atoms with Gasteiger partial charge < -0.3 is 15.3 Å². The van der Waals surface area contributed by atoms with Crippen molar-refractivity contribution in [2.24, 2.45) is 0 Å². The van der Waals surface area contributed by atoms with E-state index in [1.807, 2.05) is 0 Å². The Morgan fingerprint density at radius 1 is 1.56 bits per heavy atom. The third kappa shape index (κ3) is 2.44. The Bertz CT molecular complexity index is 480. The van der Waals surface area contributed by atoms with Crippen LogP contribution in [0, 0.1) is 0 Å². The number of aliphatic carboxylic acids is 1. The van der Waals surface area contributed by atoms with Crippen molar-refractivity contribution in [3.05, 3.63) is 29.0 Å². The smallest absolute Gasteiger partial charge is 0.327 e. The number of carbonyl (C=O) groups is 2. The lowest BCUT2D eigenvalue weighted by Gasteiger charge is -2.33. The van der Waals surface area contributed by atoms with Crippen molar-refractivity contribution in [1.82, 2.24) is 15.2 Å². The number of carboxylic acid groups (broad SMARTS) is 1. The van der Waals surface area contributed by atoms with Crippen molar-refractivity contribution >= 4 is 23.5 Å². The van der Waals surface area contributed by atoms with Crippen LogP contribution in [0.4, 0.5) is 0 Å². The first kappa shape index (κ1) is 12.8. The quantitative estimate of drug-likeness (QED) is 0.803. The molecule has 2 N–H and O–H groups in total. The number of piperazine rings is 1. The molecule has 96 valence electrons. The largest absolute Gasteiger partial charge is 0.480 e. The van der Waals surface area contributed by atoms with E-state index in [4.69, 9.17) is 16.7 Å². The molecule has 0 saturated carbocycles. The molecule has 0 radical (unpaired) electrons. The first-order valence-corrected chi connectivity index (χ1v) is 5.83. The second-order valence-corrected chi connectivity index (χ2v) is 4.32. The van der Waals surface area contributed by atoms with Crippen LogP contribution in [0.25, 0.3) is 0 Å². The third-order valence-electron chi connectivity index (χ3n) is 2.79. The Kier molecular flexibility index (Phi) is 3.78. The number of hydrogen-bond acceptors (Lipinski definition) is 4. The summed E-state index contributed by atoms with van der Waals surface area (Å²) in [6, 6.07) is 0.626. The van der Waals surface area contributed by atoms with Crippen molar-refractivity contribution < 1.29 is 14.7 Å². The van der Waals surface area contributed by atoms with Crippen molar-refractivity contribution in [2.45, 2.75) is 6.04 Å². The standard InChI is InChI=1S/C11H12ClN3O3/c12-8-5-13-2-1-7(8)10(16)15-4-3-14-6-9(15)11(17)18/h1-2,5,9,14H,3-4,6H2,(H,17,18). The summed E-state index contributed by atoms with van der Waals surface area (Å²) in [4.78, 5) is 28.5. The fraction of sp³-hybridized carbons (Fsp3) is 0.364. The summed E-state index contributed by atoms with van der Waals surface area (Å²) in [5, 5.41) is 12.3. The maximum Gasteiger partial charge on any atom is 0.327 e. The zero-order valence-electron chi connectivity index (χ0n) is 9.47. The highest BCUT2D eigenvalue weighted by Gasteiger charge is 2.33. The van der Waals surface area contributed by atoms with Crippen molar-refractivity contribution in [3.8, 4) is 0 Å². The number of carbonyl (C=O) groups excluding carboxylic acids is 1. The van der Waals surface area contributed by atoms with Crippen molar-refractivity contribution in [2.75, 3.05) is 19.6 Å². The molecule has 1 saturated heterocycles. The molecule has 1 aromatic heterocycles. The van der Waals surface area contributed by atoms with Gasteiger partial charge in [0.2, 0.25) is 0 Å². The van der Waals surface area contributed by atoms with E-state index in [9.17, 15) is 9.59 Å². The zero-order chi connectivity index (χ0) is 13.1. The summed E-state index contributed by atoms with van der Waals surface area (Å²) >= 11 is 5.89. The van der Waals surface area contributed by atoms with Gasteiger partial charge in [-0.2, -0.15) is 0 Å². The molecule has 1 aliphatic heterocycles. The number of halogens is 1. The lowest BCUT2D eigenvalue weighted by molar-refractivity contribution is -0.142. The summed E-state index contributed by atoms with van der Waals surface area (Å²) in [5.74, 6) is -1.41. The van der Waals surface area contributed by atoms with Gasteiger partial charge in [-0.05, 0) is 6.07 Å². The summed E-state index contributed by atoms with van der Waals surface area (Å²) in [6.07, 6.45) is 2.82. The molecule has 1 unspecified atom stereocenters. The Balaban J connectivity index is 2.27. The van der Waals surface area contributed by atoms with Gasteiger partial charge in [-0.15, -0.1) is 0 Å². The topological polar surface area (TPSA) is 82.5 Å². The van der Waals surface area contributed by atoms with E-state index in [0.29, 0.717) is 13.1 Å². The van der Waals surface area contributed by atoms with E-state index >= 15 is 0 Å². The maximum atomic E-state index is 12.3. The van der Waals surface area contributed by atoms with Crippen LogP contribution in [0.1, 0.15) is 10.4 Å². The van der Waals surface area contributed by atoms with Crippen LogP contribution in [-0.2, 0) is 4.79 Å². The average Bonchev–Trinajstić information content (AvgIpc) is 2.38. The van der Waals surface area contributed by atoms with Gasteiger partial charge in [-0.3, -0.25) is 9.78 Å². The fourth-order valence-corrected chi connectivity index (χ4v) is 2.07. The minimum atomic E-state index is -1.03. The van der Waals surface area contributed by atoms with E-state index < -0.39 is 12.0 Å². The van der Waals surface area contributed by atoms with Crippen LogP contribution < -0.4 is 5.32 Å². The molecular formula is C11H12ClN3O3. The van der Waals surface area contributed by atoms with Gasteiger partial charge in [0, 0.05) is 32.0 Å². The maximum absolute atomic E-state index is 12.3. The average molecular weight is 270 g/mol. The molecule has 0 aliphatic carbocycles. The minimum absolute atomic E-state index is 0.227. The Labute approximate surface area is 109 Å². The number of carboxylic acids is 1. The molecular weight excluding hydrogens is 258 g/mol. The summed E-state index contributed by atoms with van der Waals surface area (Å²) in [6.45, 7) is 1.15. The number of nitrogens with one attached hydrogen (secondary N) is 1. The van der Waals surface area contributed by atoms with Crippen molar-refractivity contribution in [3.63, 3.8) is 0 Å². The molecule has 18 heavy (non-hydrogen) atoms. The van der Waals surface area contributed by atoms with Gasteiger partial charge in [-0.25, -0.2) is 4.79 Å². The normalized spacial score (nSPS) is 19.6. The molecule has 7 heteroatoms. The highest BCUT2D eigenvalue weighted by Crippen LogP contribution is 2.18. The van der Waals surface area contributed by atoms with Gasteiger partial charge >= 0.3 is 5.97 Å². The molecule has 1 aromatic rings. The molecule has 2 rings (SSSR count). The van der Waals surface area contributed by atoms with Crippen LogP contribution in [0.2, 0.25) is 5.02 Å². The SMILES string of the molecule is O=C(O)C1CNCCN1C(=O)c1ccncc1Cl. The molecule has 1 fully saturated rings. The van der Waals surface area contributed by atoms with E-state index in [1.165, 1.54) is 23.4 Å². The third-order valence-corrected chi connectivity index (χ3v) is 3.09. The van der Waals surface area contributed by atoms with Gasteiger partial charge in [0.05, 0.1) is 10.6 Å². The fourth-order valence-electron chi connectivity index (χ4n) is 1.87. The zero-order valence-corrected chi connectivity index (χ0v) is 10.2. The second-order valence-electron chi connectivity index (χ2n) is 3.91. The molecule has 0 bridgehead atoms. The summed E-state index contributed by atoms with van der Waals surface area (Å²) < 4.78 is 0. The molecule has 1 amide bonds. The Morgan fingerprint density at radius 3 is 3.00 bits per heavy atom. The highest BCUT2D eigenvalue weighted by molar-refractivity contribution is 6.33. The molecule has 0 spiro atoms. The van der Waals surface area contributed by atoms with Crippen LogP contribution in [0.15, 0.2) is 18.5 Å². The number of pyridine rings is 1. The van der Waals surface area contributed by atoms with E-state index in [-0.39, 0.29) is 23.0 Å². The lowest BCUT2D eigenvalue weighted by atomic mass is 10.1. The minimum Gasteiger partial charge on any atom is -0.480 e. The van der Waals surface area contributed by atoms with Gasteiger partial charge in [0.15, 0.2) is 0 Å². The predicted molar refractivity (Wildman–Crippen MR) is 64.6 cm³/mol. The molecule has 0 aromatic carbocycles. The Morgan fingerprint density at radius 2 is 2.33 bits per heavy atom. The van der Waals surface area contributed by atoms with Gasteiger partial charge in [0.1, 0.15) is 6.04 Å². The first-order valence-electron chi connectivity index (χ1n) is 5.45. The van der Waals surface area contributed by atoms with Crippen LogP contribution >= 0.6 is 11.6 Å². The lowest BCUT2D eigenvalue weighted by Crippen LogP contribution is -2.57. The van der Waals surface area contributed by atoms with Crippen LogP contribution in [0.5, 0.6) is 0 Å². The molecule has 2 heterocycles. The number of rotatable bonds is 2. The number of amides is 1. The first-order chi connectivity index (χ1) is 8.61. The monoisotopic (exact) mass is 269 g/mol. The number of hydrogen-bond donors (Lipinski definition) is 2. The molecule has 6 nitrogen and oxygen atoms in total. The molecule has 1 atom stereocenters. The van der Waals surface area contributed by atoms with E-state index in [1.54, 1.807) is 0 Å². The Hall–Kier alpha value is -1.66. The predicted octanol–water partition coefficient (Wildman–Crippen LogP) is 0.234. The molecule has 1 aliphatic rings. The van der Waals surface area contributed by atoms with Gasteiger partial charge in [0.25, 0.3) is 5.91 Å². The number of nitrogens with zero attached hydrogens (tertiary/aromatic N) is 2. The van der Waals surface area contributed by atoms with Crippen molar-refractivity contribution in [1.29, 1.82) is 0 Å². The second kappa shape index (κ2) is 5.32. The van der Waals surface area contributed by atoms with Crippen LogP contribution in [0.3, 0.4) is 0 Å². The highest BCUT2D eigenvalue weighted by atomic mass is 35.5. The van der Waals surface area contributed by atoms with E-state index in [0.717, 1.165) is 0 Å². The van der Waals surface area contributed by atoms with Crippen LogP contribution in [-0.4, -0.2) is 52.5 Å². The van der Waals surface area contributed by atoms with Gasteiger partial charge in [-0.1, -0.05) is 11.6 Å². The summed E-state index contributed by atoms with van der Waals surface area (Å²) in [5.41, 5.74) is 0.278. The number of aromatic nitrogens is 1. The van der Waals surface area contributed by atoms with E-state index in [2.05, 4.69) is 10.3 Å².